The standard InChI is InChI=1S/C24H19FN4O3/c25-21-12-5-4-11-20(21)22-16-23(24(30)26-14-13-17-7-2-1-3-8-17)28(27-22)18-9-6-10-19(15-18)29(31)32/h1-12,15-16H,13-14H2,(H,26,30). The summed E-state index contributed by atoms with van der Waals surface area (Å²) in [6, 6.07) is 23.1. The molecule has 7 nitrogen and oxygen atoms in total. The fourth-order valence-corrected chi connectivity index (χ4v) is 3.33. The minimum atomic E-state index is -0.523. The summed E-state index contributed by atoms with van der Waals surface area (Å²) in [6.07, 6.45) is 0.637. The molecule has 32 heavy (non-hydrogen) atoms. The molecule has 0 fully saturated rings. The molecule has 0 atom stereocenters. The third-order valence-electron chi connectivity index (χ3n) is 4.92. The van der Waals surface area contributed by atoms with Gasteiger partial charge in [0.25, 0.3) is 11.6 Å². The van der Waals surface area contributed by atoms with E-state index in [0.717, 1.165) is 5.56 Å². The molecule has 0 saturated carbocycles. The number of nitro groups is 1. The molecule has 1 N–H and O–H groups in total. The van der Waals surface area contributed by atoms with Crippen molar-refractivity contribution in [3.8, 4) is 16.9 Å². The summed E-state index contributed by atoms with van der Waals surface area (Å²) in [7, 11) is 0. The summed E-state index contributed by atoms with van der Waals surface area (Å²) in [5.74, 6) is -0.894. The van der Waals surface area contributed by atoms with Crippen LogP contribution in [-0.2, 0) is 6.42 Å². The normalized spacial score (nSPS) is 10.7. The number of nitrogens with zero attached hydrogens (tertiary/aromatic N) is 3. The second-order valence-corrected chi connectivity index (χ2v) is 7.07. The maximum Gasteiger partial charge on any atom is 0.271 e. The number of carbonyl (C=O) groups excluding carboxylic acids is 1. The number of aromatic nitrogens is 2. The lowest BCUT2D eigenvalue weighted by Crippen LogP contribution is -2.27. The minimum Gasteiger partial charge on any atom is -0.350 e. The molecule has 0 spiro atoms. The van der Waals surface area contributed by atoms with E-state index in [1.165, 1.54) is 35.0 Å². The molecule has 0 aliphatic rings. The van der Waals surface area contributed by atoms with Crippen molar-refractivity contribution in [2.45, 2.75) is 6.42 Å². The predicted molar refractivity (Wildman–Crippen MR) is 118 cm³/mol. The first-order valence-corrected chi connectivity index (χ1v) is 9.95. The van der Waals surface area contributed by atoms with Gasteiger partial charge in [-0.3, -0.25) is 14.9 Å². The van der Waals surface area contributed by atoms with Gasteiger partial charge in [-0.05, 0) is 36.2 Å². The molecular formula is C24H19FN4O3. The smallest absolute Gasteiger partial charge is 0.271 e. The monoisotopic (exact) mass is 430 g/mol. The van der Waals surface area contributed by atoms with Crippen LogP contribution in [0.1, 0.15) is 16.1 Å². The van der Waals surface area contributed by atoms with E-state index in [-0.39, 0.29) is 22.6 Å². The average Bonchev–Trinajstić information content (AvgIpc) is 3.25. The van der Waals surface area contributed by atoms with Gasteiger partial charge in [-0.1, -0.05) is 48.5 Å². The molecule has 1 heterocycles. The van der Waals surface area contributed by atoms with Gasteiger partial charge in [0.05, 0.1) is 16.3 Å². The molecule has 1 amide bonds. The molecule has 0 bridgehead atoms. The lowest BCUT2D eigenvalue weighted by Gasteiger charge is -2.08. The van der Waals surface area contributed by atoms with Crippen LogP contribution in [0.5, 0.6) is 0 Å². The summed E-state index contributed by atoms with van der Waals surface area (Å²) in [4.78, 5) is 23.7. The van der Waals surface area contributed by atoms with Crippen LogP contribution < -0.4 is 5.32 Å². The zero-order valence-corrected chi connectivity index (χ0v) is 16.9. The zero-order valence-electron chi connectivity index (χ0n) is 16.9. The number of hydrogen-bond acceptors (Lipinski definition) is 4. The Kier molecular flexibility index (Phi) is 6.03. The van der Waals surface area contributed by atoms with E-state index in [1.54, 1.807) is 24.3 Å². The highest BCUT2D eigenvalue weighted by atomic mass is 19.1. The highest BCUT2D eigenvalue weighted by Crippen LogP contribution is 2.25. The lowest BCUT2D eigenvalue weighted by molar-refractivity contribution is -0.384. The fourth-order valence-electron chi connectivity index (χ4n) is 3.33. The Labute approximate surface area is 183 Å². The summed E-state index contributed by atoms with van der Waals surface area (Å²) >= 11 is 0. The van der Waals surface area contributed by atoms with Gasteiger partial charge in [0.15, 0.2) is 0 Å². The second-order valence-electron chi connectivity index (χ2n) is 7.07. The van der Waals surface area contributed by atoms with Crippen LogP contribution in [0.2, 0.25) is 0 Å². The van der Waals surface area contributed by atoms with Crippen molar-refractivity contribution >= 4 is 11.6 Å². The van der Waals surface area contributed by atoms with Crippen molar-refractivity contribution in [2.75, 3.05) is 6.54 Å². The number of nitrogens with one attached hydrogen (secondary N) is 1. The maximum atomic E-state index is 14.3. The summed E-state index contributed by atoms with van der Waals surface area (Å²) in [5.41, 5.74) is 1.90. The third kappa shape index (κ3) is 4.54. The van der Waals surface area contributed by atoms with Gasteiger partial charge in [0.1, 0.15) is 11.5 Å². The maximum absolute atomic E-state index is 14.3. The number of halogens is 1. The second kappa shape index (κ2) is 9.22. The first kappa shape index (κ1) is 20.9. The highest BCUT2D eigenvalue weighted by Gasteiger charge is 2.20. The van der Waals surface area contributed by atoms with Gasteiger partial charge in [0, 0.05) is 24.2 Å². The van der Waals surface area contributed by atoms with Crippen LogP contribution >= 0.6 is 0 Å². The average molecular weight is 430 g/mol. The topological polar surface area (TPSA) is 90.1 Å². The van der Waals surface area contributed by atoms with E-state index in [1.807, 2.05) is 30.3 Å². The lowest BCUT2D eigenvalue weighted by atomic mass is 10.1. The summed E-state index contributed by atoms with van der Waals surface area (Å²) in [5, 5.41) is 18.4. The number of carbonyl (C=O) groups is 1. The van der Waals surface area contributed by atoms with Gasteiger partial charge in [0.2, 0.25) is 0 Å². The number of nitro benzene ring substituents is 1. The molecule has 4 rings (SSSR count). The molecule has 0 saturated heterocycles. The molecule has 0 unspecified atom stereocenters. The van der Waals surface area contributed by atoms with Crippen molar-refractivity contribution in [3.05, 3.63) is 112 Å². The van der Waals surface area contributed by atoms with Gasteiger partial charge in [-0.15, -0.1) is 0 Å². The number of hydrogen-bond donors (Lipinski definition) is 1. The Bertz CT molecular complexity index is 1270. The van der Waals surface area contributed by atoms with Crippen LogP contribution in [0.15, 0.2) is 84.9 Å². The summed E-state index contributed by atoms with van der Waals surface area (Å²) in [6.45, 7) is 0.387. The molecule has 0 aliphatic heterocycles. The molecular weight excluding hydrogens is 411 g/mol. The van der Waals surface area contributed by atoms with Gasteiger partial charge < -0.3 is 5.32 Å². The Morgan fingerprint density at radius 2 is 1.75 bits per heavy atom. The van der Waals surface area contributed by atoms with Crippen molar-refractivity contribution in [3.63, 3.8) is 0 Å². The van der Waals surface area contributed by atoms with Gasteiger partial charge in [-0.25, -0.2) is 9.07 Å². The van der Waals surface area contributed by atoms with Crippen molar-refractivity contribution < 1.29 is 14.1 Å². The zero-order chi connectivity index (χ0) is 22.5. The van der Waals surface area contributed by atoms with E-state index in [9.17, 15) is 19.3 Å². The van der Waals surface area contributed by atoms with Crippen molar-refractivity contribution in [1.29, 1.82) is 0 Å². The van der Waals surface area contributed by atoms with Crippen molar-refractivity contribution in [1.82, 2.24) is 15.1 Å². The van der Waals surface area contributed by atoms with E-state index in [0.29, 0.717) is 18.7 Å². The Balaban J connectivity index is 1.68. The minimum absolute atomic E-state index is 0.138. The van der Waals surface area contributed by atoms with Crippen molar-refractivity contribution in [2.24, 2.45) is 0 Å². The molecule has 3 aromatic carbocycles. The largest absolute Gasteiger partial charge is 0.350 e. The first-order valence-electron chi connectivity index (χ1n) is 9.95. The number of rotatable bonds is 7. The molecule has 160 valence electrons. The van der Waals surface area contributed by atoms with E-state index >= 15 is 0 Å². The van der Waals surface area contributed by atoms with Gasteiger partial charge in [-0.2, -0.15) is 5.10 Å². The number of amides is 1. The number of non-ortho nitro benzene ring substituents is 1. The SMILES string of the molecule is O=C(NCCc1ccccc1)c1cc(-c2ccccc2F)nn1-c1cccc([N+](=O)[O-])c1. The Morgan fingerprint density at radius 3 is 2.50 bits per heavy atom. The Morgan fingerprint density at radius 1 is 1.00 bits per heavy atom. The third-order valence-corrected chi connectivity index (χ3v) is 4.92. The van der Waals surface area contributed by atoms with E-state index < -0.39 is 16.6 Å². The van der Waals surface area contributed by atoms with Crippen LogP contribution in [0.4, 0.5) is 10.1 Å². The first-order chi connectivity index (χ1) is 15.5. The molecule has 1 aromatic heterocycles. The van der Waals surface area contributed by atoms with Crippen LogP contribution in [-0.4, -0.2) is 27.2 Å². The van der Waals surface area contributed by atoms with Crippen LogP contribution in [0, 0.1) is 15.9 Å². The number of benzene rings is 3. The molecule has 0 radical (unpaired) electrons. The van der Waals surface area contributed by atoms with Gasteiger partial charge >= 0.3 is 0 Å². The van der Waals surface area contributed by atoms with E-state index in [4.69, 9.17) is 0 Å². The van der Waals surface area contributed by atoms with E-state index in [2.05, 4.69) is 10.4 Å². The summed E-state index contributed by atoms with van der Waals surface area (Å²) < 4.78 is 15.6. The predicted octanol–water partition coefficient (Wildman–Crippen LogP) is 4.56. The van der Waals surface area contributed by atoms with Crippen LogP contribution in [0.3, 0.4) is 0 Å². The molecule has 0 aliphatic carbocycles. The Hall–Kier alpha value is -4.33. The fraction of sp³-hybridized carbons (Fsp3) is 0.0833. The highest BCUT2D eigenvalue weighted by molar-refractivity contribution is 5.94. The van der Waals surface area contributed by atoms with Crippen LogP contribution in [0.25, 0.3) is 16.9 Å². The quantitative estimate of drug-likeness (QED) is 0.344. The molecule has 4 aromatic rings. The molecule has 8 heteroatoms.